The van der Waals surface area contributed by atoms with Crippen LogP contribution in [0.3, 0.4) is 0 Å². The van der Waals surface area contributed by atoms with Gasteiger partial charge in [0.15, 0.2) is 5.65 Å². The molecule has 1 amide bonds. The number of nitrogens with one attached hydrogen (secondary N) is 1. The number of nitrogens with zero attached hydrogens (tertiary/aromatic N) is 4. The summed E-state index contributed by atoms with van der Waals surface area (Å²) in [5, 5.41) is 16.7. The third-order valence-corrected chi connectivity index (χ3v) is 5.86. The Balaban J connectivity index is 1.50. The van der Waals surface area contributed by atoms with Crippen LogP contribution in [0.25, 0.3) is 5.65 Å². The Morgan fingerprint density at radius 2 is 2.16 bits per heavy atom. The van der Waals surface area contributed by atoms with E-state index in [1.54, 1.807) is 23.0 Å². The molecule has 162 valence electrons. The van der Waals surface area contributed by atoms with Gasteiger partial charge in [-0.15, -0.1) is 0 Å². The zero-order valence-electron chi connectivity index (χ0n) is 17.4. The first-order valence-electron chi connectivity index (χ1n) is 10.5. The number of morpholine rings is 1. The molecule has 2 N–H and O–H groups in total. The van der Waals surface area contributed by atoms with E-state index in [0.29, 0.717) is 37.3 Å². The number of benzene rings is 1. The summed E-state index contributed by atoms with van der Waals surface area (Å²) in [6.07, 6.45) is 6.15. The van der Waals surface area contributed by atoms with Gasteiger partial charge in [0, 0.05) is 56.6 Å². The minimum atomic E-state index is -0.450. The zero-order chi connectivity index (χ0) is 21.4. The summed E-state index contributed by atoms with van der Waals surface area (Å²) < 4.78 is 13.3. The molecule has 1 atom stereocenters. The first kappa shape index (κ1) is 19.8. The summed E-state index contributed by atoms with van der Waals surface area (Å²) >= 11 is 0. The van der Waals surface area contributed by atoms with Crippen molar-refractivity contribution in [1.82, 2.24) is 14.6 Å². The molecule has 0 bridgehead atoms. The second-order valence-corrected chi connectivity index (χ2v) is 8.18. The summed E-state index contributed by atoms with van der Waals surface area (Å²) in [6, 6.07) is 5.75. The lowest BCUT2D eigenvalue weighted by molar-refractivity contribution is 0.0811. The van der Waals surface area contributed by atoms with Gasteiger partial charge < -0.3 is 24.8 Å². The molecule has 1 unspecified atom stereocenters. The quantitative estimate of drug-likeness (QED) is 0.646. The van der Waals surface area contributed by atoms with Crippen LogP contribution in [0.1, 0.15) is 29.3 Å². The predicted molar refractivity (Wildman–Crippen MR) is 115 cm³/mol. The van der Waals surface area contributed by atoms with Crippen molar-refractivity contribution in [1.29, 1.82) is 0 Å². The number of aliphatic hydroxyl groups is 1. The van der Waals surface area contributed by atoms with Gasteiger partial charge in [0.2, 0.25) is 0 Å². The molecular formula is C22H25N5O4. The van der Waals surface area contributed by atoms with Crippen molar-refractivity contribution in [3.63, 3.8) is 0 Å². The number of hydrogen-bond acceptors (Lipinski definition) is 7. The average molecular weight is 423 g/mol. The first-order valence-corrected chi connectivity index (χ1v) is 10.5. The maximum Gasteiger partial charge on any atom is 0.261 e. The lowest BCUT2D eigenvalue weighted by Gasteiger charge is -2.31. The third kappa shape index (κ3) is 3.70. The number of hydrogen-bond donors (Lipinski definition) is 2. The summed E-state index contributed by atoms with van der Waals surface area (Å²) in [7, 11) is 0. The highest BCUT2D eigenvalue weighted by atomic mass is 16.5. The molecule has 4 heterocycles. The topological polar surface area (TPSA) is 101 Å². The molecule has 0 saturated carbocycles. The van der Waals surface area contributed by atoms with E-state index in [4.69, 9.17) is 9.47 Å². The van der Waals surface area contributed by atoms with E-state index in [0.717, 1.165) is 35.8 Å². The molecule has 1 fully saturated rings. The van der Waals surface area contributed by atoms with Crippen molar-refractivity contribution < 1.29 is 19.4 Å². The molecule has 9 nitrogen and oxygen atoms in total. The molecule has 2 aliphatic heterocycles. The maximum absolute atomic E-state index is 13.1. The predicted octanol–water partition coefficient (Wildman–Crippen LogP) is 1.89. The normalized spacial score (nSPS) is 20.5. The average Bonchev–Trinajstić information content (AvgIpc) is 3.34. The lowest BCUT2D eigenvalue weighted by Crippen LogP contribution is -2.36. The molecule has 3 aromatic rings. The van der Waals surface area contributed by atoms with Crippen molar-refractivity contribution >= 4 is 22.9 Å². The molecule has 0 radical (unpaired) electrons. The second-order valence-electron chi connectivity index (χ2n) is 8.18. The highest BCUT2D eigenvalue weighted by Gasteiger charge is 2.36. The molecule has 0 aliphatic carbocycles. The number of carbonyl (C=O) groups excluding carboxylic acids is 1. The van der Waals surface area contributed by atoms with Gasteiger partial charge in [0.25, 0.3) is 5.91 Å². The van der Waals surface area contributed by atoms with E-state index in [1.807, 2.05) is 19.1 Å². The van der Waals surface area contributed by atoms with E-state index in [9.17, 15) is 9.90 Å². The van der Waals surface area contributed by atoms with Gasteiger partial charge in [-0.2, -0.15) is 5.10 Å². The fourth-order valence-electron chi connectivity index (χ4n) is 4.27. The Morgan fingerprint density at radius 3 is 2.97 bits per heavy atom. The van der Waals surface area contributed by atoms with Gasteiger partial charge >= 0.3 is 0 Å². The van der Waals surface area contributed by atoms with E-state index < -0.39 is 5.60 Å². The van der Waals surface area contributed by atoms with Crippen LogP contribution in [-0.2, 0) is 11.2 Å². The Bertz CT molecular complexity index is 1120. The molecule has 2 aromatic heterocycles. The number of amides is 1. The number of ether oxygens (including phenoxy) is 2. The van der Waals surface area contributed by atoms with Crippen molar-refractivity contribution in [3.8, 4) is 5.75 Å². The van der Waals surface area contributed by atoms with Gasteiger partial charge in [0.1, 0.15) is 16.9 Å². The third-order valence-electron chi connectivity index (χ3n) is 5.86. The van der Waals surface area contributed by atoms with Crippen LogP contribution in [0.2, 0.25) is 0 Å². The number of aromatic nitrogens is 3. The van der Waals surface area contributed by atoms with Gasteiger partial charge in [0.05, 0.1) is 30.8 Å². The molecule has 5 rings (SSSR count). The summed E-state index contributed by atoms with van der Waals surface area (Å²) in [5.74, 6) is 0.535. The standard InChI is InChI=1S/C22H25N5O4/c1-22(3-8-28)13-15-11-17(18(12-19(15)31-22)26-6-9-30-10-7-26)25-21(29)16-14-24-27-5-2-4-23-20(16)27/h2,4-5,11-12,14,28H,3,6-10,13H2,1H3,(H,25,29). The van der Waals surface area contributed by atoms with Gasteiger partial charge in [-0.25, -0.2) is 9.50 Å². The number of fused-ring (bicyclic) bond motifs is 2. The van der Waals surface area contributed by atoms with Crippen LogP contribution in [0, 0.1) is 0 Å². The Kier molecular flexibility index (Phi) is 4.99. The SMILES string of the molecule is CC1(CCO)Cc2cc(NC(=O)c3cnn4cccnc34)c(N3CCOCC3)cc2O1. The summed E-state index contributed by atoms with van der Waals surface area (Å²) in [4.78, 5) is 19.6. The first-order chi connectivity index (χ1) is 15.1. The molecule has 0 spiro atoms. The highest BCUT2D eigenvalue weighted by Crippen LogP contribution is 2.43. The smallest absolute Gasteiger partial charge is 0.261 e. The summed E-state index contributed by atoms with van der Waals surface area (Å²) in [5.41, 5.74) is 3.10. The van der Waals surface area contributed by atoms with Crippen LogP contribution >= 0.6 is 0 Å². The lowest BCUT2D eigenvalue weighted by atomic mass is 9.95. The zero-order valence-corrected chi connectivity index (χ0v) is 17.4. The van der Waals surface area contributed by atoms with Crippen LogP contribution in [-0.4, -0.2) is 64.1 Å². The number of aliphatic hydroxyl groups excluding tert-OH is 1. The minimum Gasteiger partial charge on any atom is -0.487 e. The molecule has 2 aliphatic rings. The molecular weight excluding hydrogens is 398 g/mol. The molecule has 9 heteroatoms. The van der Waals surface area contributed by atoms with Crippen LogP contribution < -0.4 is 15.0 Å². The molecule has 31 heavy (non-hydrogen) atoms. The van der Waals surface area contributed by atoms with E-state index in [2.05, 4.69) is 20.3 Å². The van der Waals surface area contributed by atoms with E-state index in [-0.39, 0.29) is 12.5 Å². The van der Waals surface area contributed by atoms with Gasteiger partial charge in [-0.3, -0.25) is 4.79 Å². The van der Waals surface area contributed by atoms with Crippen molar-refractivity contribution in [3.05, 3.63) is 47.9 Å². The number of rotatable bonds is 5. The fraction of sp³-hybridized carbons (Fsp3) is 0.409. The minimum absolute atomic E-state index is 0.0616. The van der Waals surface area contributed by atoms with Gasteiger partial charge in [-0.05, 0) is 19.1 Å². The van der Waals surface area contributed by atoms with Crippen LogP contribution in [0.5, 0.6) is 5.75 Å². The Labute approximate surface area is 179 Å². The van der Waals surface area contributed by atoms with Crippen LogP contribution in [0.4, 0.5) is 11.4 Å². The van der Waals surface area contributed by atoms with Crippen LogP contribution in [0.15, 0.2) is 36.8 Å². The Hall–Kier alpha value is -3.17. The maximum atomic E-state index is 13.1. The van der Waals surface area contributed by atoms with Crippen molar-refractivity contribution in [2.75, 3.05) is 43.1 Å². The molecule has 1 aromatic carbocycles. The largest absolute Gasteiger partial charge is 0.487 e. The van der Waals surface area contributed by atoms with E-state index >= 15 is 0 Å². The number of anilines is 2. The second kappa shape index (κ2) is 7.82. The van der Waals surface area contributed by atoms with Crippen molar-refractivity contribution in [2.45, 2.75) is 25.4 Å². The summed E-state index contributed by atoms with van der Waals surface area (Å²) in [6.45, 7) is 4.78. The van der Waals surface area contributed by atoms with Crippen molar-refractivity contribution in [2.24, 2.45) is 0 Å². The number of carbonyl (C=O) groups is 1. The monoisotopic (exact) mass is 423 g/mol. The Morgan fingerprint density at radius 1 is 1.32 bits per heavy atom. The van der Waals surface area contributed by atoms with Gasteiger partial charge in [-0.1, -0.05) is 0 Å². The molecule has 1 saturated heterocycles. The van der Waals surface area contributed by atoms with E-state index in [1.165, 1.54) is 6.20 Å². The fourth-order valence-corrected chi connectivity index (χ4v) is 4.27. The highest BCUT2D eigenvalue weighted by molar-refractivity contribution is 6.09.